The largest absolute Gasteiger partial charge is 0.380 e. The molecule has 0 aromatic rings. The Bertz CT molecular complexity index is 555. The van der Waals surface area contributed by atoms with Crippen LogP contribution in [0, 0.1) is 10.8 Å². The lowest BCUT2D eigenvalue weighted by Crippen LogP contribution is -2.49. The van der Waals surface area contributed by atoms with Crippen LogP contribution in [0.2, 0.25) is 0 Å². The highest BCUT2D eigenvalue weighted by Gasteiger charge is 2.46. The molecular formula is C22H46N3O7P3. The fourth-order valence-electron chi connectivity index (χ4n) is 4.10. The molecule has 0 aromatic heterocycles. The SMILES string of the molecule is CCN(CC)P1OCC2(COCC3(COP(N(CC)CC)OC3)COP(N(CC)CC)OC2)CO1. The van der Waals surface area contributed by atoms with Gasteiger partial charge in [0.05, 0.1) is 63.7 Å². The maximum Gasteiger partial charge on any atom is 0.258 e. The summed E-state index contributed by atoms with van der Waals surface area (Å²) in [7, 11) is -3.29. The molecule has 3 rings (SSSR count). The molecule has 0 aromatic carbocycles. The molecule has 0 unspecified atom stereocenters. The highest BCUT2D eigenvalue weighted by Crippen LogP contribution is 2.53. The van der Waals surface area contributed by atoms with Gasteiger partial charge in [0, 0.05) is 39.3 Å². The first-order valence-corrected chi connectivity index (χ1v) is 16.4. The molecule has 3 aliphatic heterocycles. The van der Waals surface area contributed by atoms with Gasteiger partial charge in [0.2, 0.25) is 0 Å². The quantitative estimate of drug-likeness (QED) is 0.369. The predicted octanol–water partition coefficient (Wildman–Crippen LogP) is 4.82. The first-order valence-electron chi connectivity index (χ1n) is 13.0. The Labute approximate surface area is 216 Å². The van der Waals surface area contributed by atoms with E-state index in [4.69, 9.17) is 31.9 Å². The number of nitrogens with zero attached hydrogens (tertiary/aromatic N) is 3. The normalized spacial score (nSPS) is 35.4. The molecule has 0 bridgehead atoms. The summed E-state index contributed by atoms with van der Waals surface area (Å²) < 4.78 is 51.0. The van der Waals surface area contributed by atoms with E-state index in [-0.39, 0.29) is 10.8 Å². The summed E-state index contributed by atoms with van der Waals surface area (Å²) in [6.07, 6.45) is 0. The molecule has 3 aliphatic rings. The van der Waals surface area contributed by atoms with Crippen LogP contribution in [0.4, 0.5) is 0 Å². The zero-order chi connectivity index (χ0) is 25.3. The third-order valence-corrected chi connectivity index (χ3v) is 11.8. The molecule has 0 radical (unpaired) electrons. The molecule has 0 aliphatic carbocycles. The number of ether oxygens (including phenoxy) is 1. The van der Waals surface area contributed by atoms with Crippen LogP contribution in [0.15, 0.2) is 0 Å². The Balaban J connectivity index is 1.71. The van der Waals surface area contributed by atoms with Crippen molar-refractivity contribution in [3.05, 3.63) is 0 Å². The Hall–Kier alpha value is 0.890. The molecule has 3 fully saturated rings. The van der Waals surface area contributed by atoms with Crippen molar-refractivity contribution < 1.29 is 31.9 Å². The molecule has 0 atom stereocenters. The van der Waals surface area contributed by atoms with E-state index in [1.807, 2.05) is 0 Å². The van der Waals surface area contributed by atoms with Crippen LogP contribution in [0.25, 0.3) is 0 Å². The summed E-state index contributed by atoms with van der Waals surface area (Å²) in [5.41, 5.74) is -0.738. The monoisotopic (exact) mass is 557 g/mol. The van der Waals surface area contributed by atoms with Gasteiger partial charge < -0.3 is 31.9 Å². The Kier molecular flexibility index (Phi) is 12.9. The van der Waals surface area contributed by atoms with Gasteiger partial charge in [-0.2, -0.15) is 0 Å². The van der Waals surface area contributed by atoms with Crippen LogP contribution in [-0.2, 0) is 31.9 Å². The summed E-state index contributed by atoms with van der Waals surface area (Å²) >= 11 is 0. The zero-order valence-electron chi connectivity index (χ0n) is 22.4. The average Bonchev–Trinajstić information content (AvgIpc) is 2.89. The standard InChI is InChI=1S/C22H46N3O7P3/c1-7-23(8-2)33-27-15-21(17-29-34(30-18-21)24(9-3)10-4)13-26-14-22(16-28-33)19-31-35(32-20-22)25(11-5)12-6/h7-20H2,1-6H3. The van der Waals surface area contributed by atoms with Gasteiger partial charge in [-0.3, -0.25) is 0 Å². The lowest BCUT2D eigenvalue weighted by Gasteiger charge is -2.45. The Morgan fingerprint density at radius 1 is 0.429 bits per heavy atom. The first kappa shape index (κ1) is 30.4. The molecule has 0 amide bonds. The van der Waals surface area contributed by atoms with E-state index >= 15 is 0 Å². The van der Waals surface area contributed by atoms with Crippen molar-refractivity contribution >= 4 is 25.6 Å². The molecule has 10 nitrogen and oxygen atoms in total. The first-order chi connectivity index (χ1) is 17.0. The van der Waals surface area contributed by atoms with E-state index in [1.54, 1.807) is 0 Å². The van der Waals surface area contributed by atoms with Crippen molar-refractivity contribution in [2.45, 2.75) is 41.5 Å². The van der Waals surface area contributed by atoms with Crippen molar-refractivity contribution in [3.63, 3.8) is 0 Å². The minimum absolute atomic E-state index is 0.369. The highest BCUT2D eigenvalue weighted by atomic mass is 31.2. The third-order valence-electron chi connectivity index (χ3n) is 6.59. The van der Waals surface area contributed by atoms with E-state index in [0.717, 1.165) is 39.3 Å². The molecule has 3 saturated heterocycles. The fourth-order valence-corrected chi connectivity index (χ4v) is 9.00. The third kappa shape index (κ3) is 7.95. The molecule has 3 heterocycles. The van der Waals surface area contributed by atoms with Crippen molar-refractivity contribution in [2.24, 2.45) is 10.8 Å². The summed E-state index contributed by atoms with van der Waals surface area (Å²) in [6.45, 7) is 22.3. The van der Waals surface area contributed by atoms with Crippen molar-refractivity contribution in [1.29, 1.82) is 0 Å². The van der Waals surface area contributed by atoms with Crippen LogP contribution in [0.1, 0.15) is 41.5 Å². The van der Waals surface area contributed by atoms with E-state index in [9.17, 15) is 0 Å². The van der Waals surface area contributed by atoms with E-state index in [0.29, 0.717) is 52.9 Å². The summed E-state index contributed by atoms with van der Waals surface area (Å²) in [6, 6.07) is 0. The van der Waals surface area contributed by atoms with Gasteiger partial charge in [0.15, 0.2) is 0 Å². The lowest BCUT2D eigenvalue weighted by atomic mass is 9.91. The van der Waals surface area contributed by atoms with E-state index < -0.39 is 25.6 Å². The molecule has 0 N–H and O–H groups in total. The van der Waals surface area contributed by atoms with Crippen LogP contribution in [0.5, 0.6) is 0 Å². The number of hydrogen-bond acceptors (Lipinski definition) is 10. The predicted molar refractivity (Wildman–Crippen MR) is 141 cm³/mol. The zero-order valence-corrected chi connectivity index (χ0v) is 25.1. The average molecular weight is 558 g/mol. The minimum atomic E-state index is -1.22. The Morgan fingerprint density at radius 2 is 0.657 bits per heavy atom. The summed E-state index contributed by atoms with van der Waals surface area (Å²) in [5.74, 6) is 0. The molecule has 35 heavy (non-hydrogen) atoms. The van der Waals surface area contributed by atoms with Crippen molar-refractivity contribution in [1.82, 2.24) is 14.0 Å². The van der Waals surface area contributed by atoms with Gasteiger partial charge in [0.1, 0.15) is 0 Å². The molecular weight excluding hydrogens is 511 g/mol. The second-order valence-corrected chi connectivity index (χ2v) is 13.9. The van der Waals surface area contributed by atoms with Crippen LogP contribution in [0.3, 0.4) is 0 Å². The Morgan fingerprint density at radius 3 is 0.857 bits per heavy atom. The van der Waals surface area contributed by atoms with Crippen LogP contribution < -0.4 is 0 Å². The van der Waals surface area contributed by atoms with Crippen LogP contribution in [-0.4, -0.2) is 106 Å². The highest BCUT2D eigenvalue weighted by molar-refractivity contribution is 7.45. The number of hydrogen-bond donors (Lipinski definition) is 0. The maximum atomic E-state index is 6.47. The van der Waals surface area contributed by atoms with Gasteiger partial charge in [-0.25, -0.2) is 14.0 Å². The molecule has 13 heteroatoms. The van der Waals surface area contributed by atoms with Crippen molar-refractivity contribution in [2.75, 3.05) is 92.1 Å². The lowest BCUT2D eigenvalue weighted by molar-refractivity contribution is -0.118. The van der Waals surface area contributed by atoms with Crippen molar-refractivity contribution in [3.8, 4) is 0 Å². The van der Waals surface area contributed by atoms with Gasteiger partial charge in [-0.15, -0.1) is 0 Å². The van der Waals surface area contributed by atoms with E-state index in [2.05, 4.69) is 55.6 Å². The molecule has 2 spiro atoms. The smallest absolute Gasteiger partial charge is 0.258 e. The topological polar surface area (TPSA) is 74.3 Å². The van der Waals surface area contributed by atoms with E-state index in [1.165, 1.54) is 0 Å². The van der Waals surface area contributed by atoms with Gasteiger partial charge in [-0.1, -0.05) is 41.5 Å². The number of rotatable bonds is 9. The fraction of sp³-hybridized carbons (Fsp3) is 1.00. The minimum Gasteiger partial charge on any atom is -0.380 e. The van der Waals surface area contributed by atoms with Gasteiger partial charge in [-0.05, 0) is 0 Å². The van der Waals surface area contributed by atoms with Crippen LogP contribution >= 0.6 is 25.6 Å². The maximum absolute atomic E-state index is 6.47. The molecule has 206 valence electrons. The summed E-state index contributed by atoms with van der Waals surface area (Å²) in [5, 5.41) is 0. The summed E-state index contributed by atoms with van der Waals surface area (Å²) in [4.78, 5) is 0. The second-order valence-electron chi connectivity index (χ2n) is 9.26. The van der Waals surface area contributed by atoms with Gasteiger partial charge in [0.25, 0.3) is 25.6 Å². The second kappa shape index (κ2) is 14.9. The van der Waals surface area contributed by atoms with Gasteiger partial charge >= 0.3 is 0 Å². The molecule has 0 saturated carbocycles.